The Morgan fingerprint density at radius 2 is 1.25 bits per heavy atom. The molecule has 0 radical (unpaired) electrons. The summed E-state index contributed by atoms with van der Waals surface area (Å²) in [6, 6.07) is 0. The molecule has 0 heteroatoms. The first-order valence-electron chi connectivity index (χ1n) is 5.31. The van der Waals surface area contributed by atoms with Gasteiger partial charge < -0.3 is 0 Å². The molecule has 0 spiro atoms. The minimum absolute atomic E-state index is 1.35. The third-order valence-electron chi connectivity index (χ3n) is 3.04. The van der Waals surface area contributed by atoms with Crippen LogP contribution in [-0.4, -0.2) is 0 Å². The molecule has 0 aromatic heterocycles. The zero-order chi connectivity index (χ0) is 8.23. The molecule has 0 atom stereocenters. The van der Waals surface area contributed by atoms with Gasteiger partial charge in [-0.25, -0.2) is 0 Å². The molecule has 0 aliphatic heterocycles. The van der Waals surface area contributed by atoms with Crippen molar-refractivity contribution >= 4 is 0 Å². The molecule has 2 aliphatic rings. The Labute approximate surface area is 75.4 Å². The lowest BCUT2D eigenvalue weighted by atomic mass is 9.90. The van der Waals surface area contributed by atoms with Gasteiger partial charge in [0, 0.05) is 0 Å². The van der Waals surface area contributed by atoms with E-state index in [0.717, 1.165) is 0 Å². The Hall–Kier alpha value is -0.520. The molecular weight excluding hydrogens is 144 g/mol. The van der Waals surface area contributed by atoms with Gasteiger partial charge in [-0.2, -0.15) is 0 Å². The van der Waals surface area contributed by atoms with Crippen molar-refractivity contribution in [2.45, 2.75) is 51.4 Å². The molecule has 0 N–H and O–H groups in total. The molecule has 0 nitrogen and oxygen atoms in total. The summed E-state index contributed by atoms with van der Waals surface area (Å²) in [4.78, 5) is 0. The molecule has 0 aromatic rings. The van der Waals surface area contributed by atoms with Crippen LogP contribution in [0.2, 0.25) is 0 Å². The second kappa shape index (κ2) is 3.93. The molecule has 2 aliphatic carbocycles. The van der Waals surface area contributed by atoms with Crippen molar-refractivity contribution in [1.29, 1.82) is 0 Å². The maximum Gasteiger partial charge on any atom is -0.0285 e. The topological polar surface area (TPSA) is 0 Å². The number of hydrogen-bond acceptors (Lipinski definition) is 0. The van der Waals surface area contributed by atoms with E-state index in [2.05, 4.69) is 12.2 Å². The first kappa shape index (κ1) is 8.10. The Kier molecular flexibility index (Phi) is 2.65. The fraction of sp³-hybridized carbons (Fsp3) is 0.667. The van der Waals surface area contributed by atoms with Gasteiger partial charge >= 0.3 is 0 Å². The number of allylic oxidation sites excluding steroid dienone is 4. The minimum Gasteiger partial charge on any atom is -0.0850 e. The minimum atomic E-state index is 1.35. The van der Waals surface area contributed by atoms with Gasteiger partial charge in [0.15, 0.2) is 0 Å². The fourth-order valence-electron chi connectivity index (χ4n) is 1.86. The monoisotopic (exact) mass is 162 g/mol. The van der Waals surface area contributed by atoms with Crippen LogP contribution in [0.1, 0.15) is 51.4 Å². The van der Waals surface area contributed by atoms with E-state index in [-0.39, 0.29) is 0 Å². The van der Waals surface area contributed by atoms with Crippen molar-refractivity contribution in [1.82, 2.24) is 0 Å². The molecule has 0 aromatic carbocycles. The molecular formula is C12H18. The third kappa shape index (κ3) is 2.00. The van der Waals surface area contributed by atoms with Gasteiger partial charge in [-0.3, -0.25) is 0 Å². The van der Waals surface area contributed by atoms with E-state index in [1.807, 2.05) is 0 Å². The van der Waals surface area contributed by atoms with E-state index >= 15 is 0 Å². The Morgan fingerprint density at radius 1 is 0.833 bits per heavy atom. The summed E-state index contributed by atoms with van der Waals surface area (Å²) in [5.41, 5.74) is 3.44. The summed E-state index contributed by atoms with van der Waals surface area (Å²) in [6.07, 6.45) is 15.9. The second-order valence-electron chi connectivity index (χ2n) is 4.01. The first-order chi connectivity index (χ1) is 5.95. The Morgan fingerprint density at radius 3 is 1.50 bits per heavy atom. The molecule has 0 saturated carbocycles. The molecule has 0 bridgehead atoms. The molecule has 0 heterocycles. The smallest absolute Gasteiger partial charge is 0.0285 e. The lowest BCUT2D eigenvalue weighted by Gasteiger charge is -2.16. The molecule has 12 heavy (non-hydrogen) atoms. The SMILES string of the molecule is C1=C(CCCCC2=CCC2)CC1. The normalized spacial score (nSPS) is 20.7. The van der Waals surface area contributed by atoms with Gasteiger partial charge in [-0.05, 0) is 51.4 Å². The van der Waals surface area contributed by atoms with Crippen LogP contribution >= 0.6 is 0 Å². The number of hydrogen-bond donors (Lipinski definition) is 0. The summed E-state index contributed by atoms with van der Waals surface area (Å²) in [6.45, 7) is 0. The largest absolute Gasteiger partial charge is 0.0850 e. The van der Waals surface area contributed by atoms with Crippen LogP contribution in [0.25, 0.3) is 0 Å². The molecule has 0 amide bonds. The average molecular weight is 162 g/mol. The van der Waals surface area contributed by atoms with Gasteiger partial charge in [0.1, 0.15) is 0 Å². The van der Waals surface area contributed by atoms with Crippen LogP contribution in [0, 0.1) is 0 Å². The van der Waals surface area contributed by atoms with Crippen molar-refractivity contribution < 1.29 is 0 Å². The predicted octanol–water partition coefficient (Wildman–Crippen LogP) is 3.99. The van der Waals surface area contributed by atoms with Crippen LogP contribution in [0.4, 0.5) is 0 Å². The van der Waals surface area contributed by atoms with Gasteiger partial charge in [-0.1, -0.05) is 23.3 Å². The summed E-state index contributed by atoms with van der Waals surface area (Å²) < 4.78 is 0. The van der Waals surface area contributed by atoms with E-state index in [1.165, 1.54) is 51.4 Å². The van der Waals surface area contributed by atoms with E-state index in [1.54, 1.807) is 11.1 Å². The van der Waals surface area contributed by atoms with E-state index in [4.69, 9.17) is 0 Å². The molecule has 0 unspecified atom stereocenters. The van der Waals surface area contributed by atoms with Crippen LogP contribution in [0.5, 0.6) is 0 Å². The van der Waals surface area contributed by atoms with Crippen molar-refractivity contribution in [2.24, 2.45) is 0 Å². The lowest BCUT2D eigenvalue weighted by Crippen LogP contribution is -1.96. The van der Waals surface area contributed by atoms with Crippen molar-refractivity contribution in [3.05, 3.63) is 23.3 Å². The molecule has 66 valence electrons. The Balaban J connectivity index is 1.51. The third-order valence-corrected chi connectivity index (χ3v) is 3.04. The Bertz CT molecular complexity index is 184. The zero-order valence-electron chi connectivity index (χ0n) is 7.81. The average Bonchev–Trinajstić information content (AvgIpc) is 1.88. The van der Waals surface area contributed by atoms with Gasteiger partial charge in [0.2, 0.25) is 0 Å². The quantitative estimate of drug-likeness (QED) is 0.423. The maximum absolute atomic E-state index is 2.41. The van der Waals surface area contributed by atoms with Gasteiger partial charge in [0.25, 0.3) is 0 Å². The van der Waals surface area contributed by atoms with E-state index in [0.29, 0.717) is 0 Å². The number of unbranched alkanes of at least 4 members (excludes halogenated alkanes) is 1. The van der Waals surface area contributed by atoms with Crippen LogP contribution in [-0.2, 0) is 0 Å². The zero-order valence-corrected chi connectivity index (χ0v) is 7.81. The number of rotatable bonds is 5. The van der Waals surface area contributed by atoms with Gasteiger partial charge in [-0.15, -0.1) is 0 Å². The van der Waals surface area contributed by atoms with Crippen molar-refractivity contribution in [2.75, 3.05) is 0 Å². The fourth-order valence-corrected chi connectivity index (χ4v) is 1.86. The van der Waals surface area contributed by atoms with Crippen LogP contribution < -0.4 is 0 Å². The summed E-state index contributed by atoms with van der Waals surface area (Å²) in [7, 11) is 0. The van der Waals surface area contributed by atoms with Crippen LogP contribution in [0.3, 0.4) is 0 Å². The van der Waals surface area contributed by atoms with E-state index < -0.39 is 0 Å². The van der Waals surface area contributed by atoms with Crippen LogP contribution in [0.15, 0.2) is 23.3 Å². The highest BCUT2D eigenvalue weighted by atomic mass is 14.1. The summed E-state index contributed by atoms with van der Waals surface area (Å²) in [5, 5.41) is 0. The standard InChI is InChI=1S/C12H18/c1(5-11-7-3-8-11)2-6-12-9-4-10-12/h7,9H,1-6,8,10H2. The van der Waals surface area contributed by atoms with Gasteiger partial charge in [0.05, 0.1) is 0 Å². The predicted molar refractivity (Wildman–Crippen MR) is 53.1 cm³/mol. The molecule has 0 saturated heterocycles. The molecule has 0 fully saturated rings. The van der Waals surface area contributed by atoms with E-state index in [9.17, 15) is 0 Å². The van der Waals surface area contributed by atoms with Crippen molar-refractivity contribution in [3.8, 4) is 0 Å². The second-order valence-corrected chi connectivity index (χ2v) is 4.01. The highest BCUT2D eigenvalue weighted by Gasteiger charge is 2.07. The highest BCUT2D eigenvalue weighted by molar-refractivity contribution is 5.13. The first-order valence-corrected chi connectivity index (χ1v) is 5.31. The highest BCUT2D eigenvalue weighted by Crippen LogP contribution is 2.26. The lowest BCUT2D eigenvalue weighted by molar-refractivity contribution is 0.656. The molecule has 2 rings (SSSR count). The maximum atomic E-state index is 2.41. The summed E-state index contributed by atoms with van der Waals surface area (Å²) in [5.74, 6) is 0. The summed E-state index contributed by atoms with van der Waals surface area (Å²) >= 11 is 0. The van der Waals surface area contributed by atoms with Crippen molar-refractivity contribution in [3.63, 3.8) is 0 Å².